The molecule has 2 aliphatic rings. The van der Waals surface area contributed by atoms with Gasteiger partial charge >= 0.3 is 6.61 Å². The van der Waals surface area contributed by atoms with E-state index in [-0.39, 0.29) is 34.6 Å². The van der Waals surface area contributed by atoms with E-state index in [9.17, 15) is 13.6 Å². The van der Waals surface area contributed by atoms with Crippen molar-refractivity contribution < 1.29 is 27.5 Å². The molecule has 1 unspecified atom stereocenters. The van der Waals surface area contributed by atoms with Gasteiger partial charge in [0.25, 0.3) is 0 Å². The molecule has 0 bridgehead atoms. The molecule has 2 fully saturated rings. The van der Waals surface area contributed by atoms with Crippen LogP contribution in [0.1, 0.15) is 54.9 Å². The van der Waals surface area contributed by atoms with E-state index in [0.29, 0.717) is 30.9 Å². The van der Waals surface area contributed by atoms with Gasteiger partial charge in [0.15, 0.2) is 23.0 Å². The van der Waals surface area contributed by atoms with Crippen molar-refractivity contribution in [2.75, 3.05) is 6.61 Å². The molecular weight excluding hydrogens is 384 g/mol. The summed E-state index contributed by atoms with van der Waals surface area (Å²) in [5.74, 6) is 0.606. The Kier molecular flexibility index (Phi) is 5.04. The van der Waals surface area contributed by atoms with Crippen molar-refractivity contribution in [3.63, 3.8) is 0 Å². The Hall–Kier alpha value is -2.52. The average Bonchev–Trinajstić information content (AvgIpc) is 3.59. The molecule has 4 rings (SSSR count). The van der Waals surface area contributed by atoms with Crippen molar-refractivity contribution in [1.82, 2.24) is 4.98 Å². The van der Waals surface area contributed by atoms with Crippen LogP contribution in [0.15, 0.2) is 22.6 Å². The van der Waals surface area contributed by atoms with Gasteiger partial charge < -0.3 is 25.4 Å². The maximum absolute atomic E-state index is 12.7. The summed E-state index contributed by atoms with van der Waals surface area (Å²) in [6.07, 6.45) is 3.28. The fourth-order valence-corrected chi connectivity index (χ4v) is 2.96. The van der Waals surface area contributed by atoms with Crippen molar-refractivity contribution >= 4 is 5.78 Å². The number of alkyl halides is 2. The van der Waals surface area contributed by atoms with E-state index in [1.165, 1.54) is 18.2 Å². The fraction of sp³-hybridized carbons (Fsp3) is 0.500. The summed E-state index contributed by atoms with van der Waals surface area (Å²) >= 11 is 0. The highest BCUT2D eigenvalue weighted by Crippen LogP contribution is 2.39. The monoisotopic (exact) mass is 407 g/mol. The van der Waals surface area contributed by atoms with Crippen LogP contribution in [0.4, 0.5) is 8.78 Å². The standard InChI is InChI=1S/C20H23F2N3O4/c1-10(23)16-15(17(26)20(24)6-7-20)25-18(29-16)12-4-5-13(28-19(21)22)14(8-12)27-9-11-2-3-11/h4-5,8,10-11,19H,2-3,6-7,9,23-24H2,1H3. The summed E-state index contributed by atoms with van der Waals surface area (Å²) < 4.78 is 41.4. The van der Waals surface area contributed by atoms with Crippen LogP contribution in [0.5, 0.6) is 11.5 Å². The normalized spacial score (nSPS) is 18.6. The van der Waals surface area contributed by atoms with Gasteiger partial charge in [-0.05, 0) is 56.7 Å². The zero-order valence-corrected chi connectivity index (χ0v) is 16.0. The number of nitrogens with two attached hydrogens (primary N) is 2. The largest absolute Gasteiger partial charge is 0.489 e. The Morgan fingerprint density at radius 2 is 2.07 bits per heavy atom. The molecule has 7 nitrogen and oxygen atoms in total. The Morgan fingerprint density at radius 1 is 1.34 bits per heavy atom. The van der Waals surface area contributed by atoms with Gasteiger partial charge in [0.2, 0.25) is 11.7 Å². The lowest BCUT2D eigenvalue weighted by molar-refractivity contribution is -0.0515. The first-order valence-corrected chi connectivity index (χ1v) is 9.59. The number of ketones is 1. The number of benzene rings is 1. The molecule has 0 aliphatic heterocycles. The molecule has 29 heavy (non-hydrogen) atoms. The maximum atomic E-state index is 12.7. The molecule has 9 heteroatoms. The number of oxazole rings is 1. The molecule has 2 aromatic rings. The van der Waals surface area contributed by atoms with Gasteiger partial charge in [-0.3, -0.25) is 4.79 Å². The van der Waals surface area contributed by atoms with Crippen molar-refractivity contribution in [3.05, 3.63) is 29.7 Å². The summed E-state index contributed by atoms with van der Waals surface area (Å²) in [6, 6.07) is 3.83. The van der Waals surface area contributed by atoms with Gasteiger partial charge in [-0.25, -0.2) is 4.98 Å². The van der Waals surface area contributed by atoms with Crippen molar-refractivity contribution in [1.29, 1.82) is 0 Å². The highest BCUT2D eigenvalue weighted by atomic mass is 19.3. The summed E-state index contributed by atoms with van der Waals surface area (Å²) in [6.45, 7) is -0.876. The first-order valence-electron chi connectivity index (χ1n) is 9.59. The van der Waals surface area contributed by atoms with Gasteiger partial charge in [-0.2, -0.15) is 8.78 Å². The van der Waals surface area contributed by atoms with E-state index >= 15 is 0 Å². The number of nitrogens with zero attached hydrogens (tertiary/aromatic N) is 1. The molecule has 156 valence electrons. The van der Waals surface area contributed by atoms with Crippen LogP contribution < -0.4 is 20.9 Å². The van der Waals surface area contributed by atoms with Gasteiger partial charge in [0, 0.05) is 5.56 Å². The molecule has 4 N–H and O–H groups in total. The van der Waals surface area contributed by atoms with E-state index < -0.39 is 18.2 Å². The number of aromatic nitrogens is 1. The van der Waals surface area contributed by atoms with Crippen LogP contribution >= 0.6 is 0 Å². The van der Waals surface area contributed by atoms with Crippen LogP contribution in [0.3, 0.4) is 0 Å². The summed E-state index contributed by atoms with van der Waals surface area (Å²) in [7, 11) is 0. The summed E-state index contributed by atoms with van der Waals surface area (Å²) in [5, 5.41) is 0. The number of carbonyl (C=O) groups excluding carboxylic acids is 1. The van der Waals surface area contributed by atoms with Gasteiger partial charge in [0.1, 0.15) is 0 Å². The Morgan fingerprint density at radius 3 is 2.66 bits per heavy atom. The second-order valence-corrected chi connectivity index (χ2v) is 7.80. The van der Waals surface area contributed by atoms with E-state index in [4.69, 9.17) is 20.6 Å². The number of halogens is 2. The fourth-order valence-electron chi connectivity index (χ4n) is 2.96. The van der Waals surface area contributed by atoms with Crippen molar-refractivity contribution in [2.24, 2.45) is 17.4 Å². The molecule has 1 heterocycles. The lowest BCUT2D eigenvalue weighted by Crippen LogP contribution is -2.34. The van der Waals surface area contributed by atoms with E-state index in [2.05, 4.69) is 9.72 Å². The molecule has 0 spiro atoms. The van der Waals surface area contributed by atoms with Crippen LogP contribution in [0.2, 0.25) is 0 Å². The van der Waals surface area contributed by atoms with Crippen molar-refractivity contribution in [3.8, 4) is 23.0 Å². The minimum atomic E-state index is -2.97. The predicted molar refractivity (Wildman–Crippen MR) is 99.9 cm³/mol. The number of Topliss-reactive ketones (excluding diaryl/α,β-unsaturated/α-hetero) is 1. The number of ether oxygens (including phenoxy) is 2. The third-order valence-corrected chi connectivity index (χ3v) is 5.10. The van der Waals surface area contributed by atoms with Crippen LogP contribution in [-0.2, 0) is 0 Å². The molecule has 0 saturated heterocycles. The minimum absolute atomic E-state index is 0.0708. The van der Waals surface area contributed by atoms with E-state index in [0.717, 1.165) is 12.8 Å². The van der Waals surface area contributed by atoms with Crippen LogP contribution in [0.25, 0.3) is 11.5 Å². The smallest absolute Gasteiger partial charge is 0.387 e. The quantitative estimate of drug-likeness (QED) is 0.612. The zero-order chi connectivity index (χ0) is 20.8. The number of carbonyl (C=O) groups is 1. The minimum Gasteiger partial charge on any atom is -0.489 e. The maximum Gasteiger partial charge on any atom is 0.387 e. The zero-order valence-electron chi connectivity index (χ0n) is 16.0. The second-order valence-electron chi connectivity index (χ2n) is 7.80. The van der Waals surface area contributed by atoms with Crippen LogP contribution in [0, 0.1) is 5.92 Å². The van der Waals surface area contributed by atoms with E-state index in [1.54, 1.807) is 6.92 Å². The Balaban J connectivity index is 1.67. The first-order chi connectivity index (χ1) is 13.8. The average molecular weight is 407 g/mol. The SMILES string of the molecule is CC(N)c1oc(-c2ccc(OC(F)F)c(OCC3CC3)c2)nc1C(=O)C1(N)CC1. The number of hydrogen-bond acceptors (Lipinski definition) is 7. The van der Waals surface area contributed by atoms with Gasteiger partial charge in [0.05, 0.1) is 18.2 Å². The Bertz CT molecular complexity index is 920. The molecule has 1 atom stereocenters. The first kappa shape index (κ1) is 19.8. The summed E-state index contributed by atoms with van der Waals surface area (Å²) in [4.78, 5) is 17.0. The summed E-state index contributed by atoms with van der Waals surface area (Å²) in [5.41, 5.74) is 11.6. The predicted octanol–water partition coefficient (Wildman–Crippen LogP) is 3.43. The molecular formula is C20H23F2N3O4. The number of rotatable bonds is 9. The highest BCUT2D eigenvalue weighted by molar-refractivity contribution is 6.04. The second kappa shape index (κ2) is 7.38. The molecule has 2 aliphatic carbocycles. The molecule has 1 aromatic carbocycles. The molecule has 1 aromatic heterocycles. The number of hydrogen-bond donors (Lipinski definition) is 2. The van der Waals surface area contributed by atoms with Gasteiger partial charge in [-0.1, -0.05) is 0 Å². The highest BCUT2D eigenvalue weighted by Gasteiger charge is 2.48. The van der Waals surface area contributed by atoms with Crippen LogP contribution in [-0.4, -0.2) is 29.5 Å². The lowest BCUT2D eigenvalue weighted by atomic mass is 10.1. The third kappa shape index (κ3) is 4.25. The molecule has 0 radical (unpaired) electrons. The Labute approximate surface area is 166 Å². The molecule has 0 amide bonds. The topological polar surface area (TPSA) is 114 Å². The lowest BCUT2D eigenvalue weighted by Gasteiger charge is -2.12. The third-order valence-electron chi connectivity index (χ3n) is 5.10. The van der Waals surface area contributed by atoms with E-state index in [1.807, 2.05) is 0 Å². The van der Waals surface area contributed by atoms with Crippen molar-refractivity contribution in [2.45, 2.75) is 50.8 Å². The van der Waals surface area contributed by atoms with Gasteiger partial charge in [-0.15, -0.1) is 0 Å². The molecule has 2 saturated carbocycles.